The Morgan fingerprint density at radius 3 is 2.42 bits per heavy atom. The van der Waals surface area contributed by atoms with E-state index in [9.17, 15) is 9.59 Å². The normalized spacial score (nSPS) is 10.7. The Balaban J connectivity index is 2.03. The van der Waals surface area contributed by atoms with Crippen LogP contribution in [-0.4, -0.2) is 29.6 Å². The first-order valence-corrected chi connectivity index (χ1v) is 8.71. The number of nitrogens with one attached hydrogen (secondary N) is 2. The molecule has 0 spiro atoms. The zero-order chi connectivity index (χ0) is 17.5. The molecule has 1 aromatic rings. The summed E-state index contributed by atoms with van der Waals surface area (Å²) >= 11 is 0. The van der Waals surface area contributed by atoms with Crippen molar-refractivity contribution in [1.82, 2.24) is 15.7 Å². The Hall–Kier alpha value is -2.24. The molecule has 0 saturated carbocycles. The average Bonchev–Trinajstić information content (AvgIpc) is 2.60. The average molecular weight is 332 g/mol. The molecule has 6 nitrogen and oxygen atoms in total. The number of aromatic nitrogens is 1. The maximum absolute atomic E-state index is 11.6. The van der Waals surface area contributed by atoms with Crippen LogP contribution in [0.5, 0.6) is 0 Å². The maximum Gasteiger partial charge on any atom is 0.259 e. The van der Waals surface area contributed by atoms with E-state index in [0.29, 0.717) is 6.42 Å². The minimum Gasteiger partial charge on any atom is -0.347 e. The molecule has 0 aliphatic rings. The standard InChI is InChI=1S/C18H28N4O2/c1-2-3-4-5-6-7-8-9-17(23)20-15-18(24)22-21-14-16-10-12-19-13-11-16/h10-14H,2-9,15H2,1H3,(H,20,23)(H,22,24). The van der Waals surface area contributed by atoms with Gasteiger partial charge in [0.15, 0.2) is 0 Å². The molecule has 0 atom stereocenters. The molecule has 2 N–H and O–H groups in total. The monoisotopic (exact) mass is 332 g/mol. The van der Waals surface area contributed by atoms with Crippen LogP contribution in [0.2, 0.25) is 0 Å². The summed E-state index contributed by atoms with van der Waals surface area (Å²) in [5, 5.41) is 6.43. The topological polar surface area (TPSA) is 83.5 Å². The molecule has 0 aromatic carbocycles. The van der Waals surface area contributed by atoms with Crippen molar-refractivity contribution in [2.45, 2.75) is 58.3 Å². The van der Waals surface area contributed by atoms with E-state index in [0.717, 1.165) is 18.4 Å². The molecule has 0 unspecified atom stereocenters. The summed E-state index contributed by atoms with van der Waals surface area (Å²) < 4.78 is 0. The Kier molecular flexibility index (Phi) is 10.9. The van der Waals surface area contributed by atoms with E-state index in [2.05, 4.69) is 27.8 Å². The van der Waals surface area contributed by atoms with Gasteiger partial charge in [0, 0.05) is 18.8 Å². The fourth-order valence-corrected chi connectivity index (χ4v) is 2.18. The van der Waals surface area contributed by atoms with Crippen LogP contribution in [0.3, 0.4) is 0 Å². The molecule has 6 heteroatoms. The highest BCUT2D eigenvalue weighted by Crippen LogP contribution is 2.08. The predicted molar refractivity (Wildman–Crippen MR) is 95.6 cm³/mol. The van der Waals surface area contributed by atoms with E-state index in [4.69, 9.17) is 0 Å². The first-order valence-electron chi connectivity index (χ1n) is 8.71. The number of rotatable bonds is 12. The predicted octanol–water partition coefficient (Wildman–Crippen LogP) is 2.79. The Morgan fingerprint density at radius 1 is 1.04 bits per heavy atom. The lowest BCUT2D eigenvalue weighted by Gasteiger charge is -2.04. The lowest BCUT2D eigenvalue weighted by atomic mass is 10.1. The molecule has 132 valence electrons. The molecule has 0 fully saturated rings. The van der Waals surface area contributed by atoms with Crippen molar-refractivity contribution in [2.75, 3.05) is 6.54 Å². The van der Waals surface area contributed by atoms with Gasteiger partial charge in [-0.1, -0.05) is 45.4 Å². The van der Waals surface area contributed by atoms with Crippen molar-refractivity contribution >= 4 is 18.0 Å². The van der Waals surface area contributed by atoms with Crippen molar-refractivity contribution in [2.24, 2.45) is 5.10 Å². The number of hydrogen-bond donors (Lipinski definition) is 2. The van der Waals surface area contributed by atoms with Gasteiger partial charge >= 0.3 is 0 Å². The second-order valence-electron chi connectivity index (χ2n) is 5.72. The third-order valence-electron chi connectivity index (χ3n) is 3.56. The second-order valence-corrected chi connectivity index (χ2v) is 5.72. The Morgan fingerprint density at radius 2 is 1.71 bits per heavy atom. The number of nitrogens with zero attached hydrogens (tertiary/aromatic N) is 2. The van der Waals surface area contributed by atoms with Crippen LogP contribution >= 0.6 is 0 Å². The van der Waals surface area contributed by atoms with E-state index in [1.807, 2.05) is 0 Å². The van der Waals surface area contributed by atoms with E-state index >= 15 is 0 Å². The van der Waals surface area contributed by atoms with Gasteiger partial charge in [0.25, 0.3) is 5.91 Å². The van der Waals surface area contributed by atoms with Crippen LogP contribution in [0.1, 0.15) is 63.9 Å². The number of unbranched alkanes of at least 4 members (excludes halogenated alkanes) is 6. The van der Waals surface area contributed by atoms with Crippen LogP contribution < -0.4 is 10.7 Å². The first kappa shape index (κ1) is 19.8. The molecular formula is C18H28N4O2. The number of amides is 2. The van der Waals surface area contributed by atoms with Crippen LogP contribution in [-0.2, 0) is 9.59 Å². The lowest BCUT2D eigenvalue weighted by Crippen LogP contribution is -2.34. The highest BCUT2D eigenvalue weighted by Gasteiger charge is 2.04. The zero-order valence-electron chi connectivity index (χ0n) is 14.5. The summed E-state index contributed by atoms with van der Waals surface area (Å²) in [7, 11) is 0. The van der Waals surface area contributed by atoms with Gasteiger partial charge < -0.3 is 5.32 Å². The number of carbonyl (C=O) groups is 2. The van der Waals surface area contributed by atoms with E-state index in [1.165, 1.54) is 38.3 Å². The molecule has 2 amide bonds. The minimum atomic E-state index is -0.340. The fourth-order valence-electron chi connectivity index (χ4n) is 2.18. The molecule has 1 heterocycles. The summed E-state index contributed by atoms with van der Waals surface area (Å²) in [6, 6.07) is 3.55. The quantitative estimate of drug-likeness (QED) is 0.351. The summed E-state index contributed by atoms with van der Waals surface area (Å²) in [5.74, 6) is -0.426. The maximum atomic E-state index is 11.6. The highest BCUT2D eigenvalue weighted by molar-refractivity contribution is 5.86. The molecule has 0 saturated heterocycles. The summed E-state index contributed by atoms with van der Waals surface area (Å²) in [6.07, 6.45) is 13.5. The molecule has 0 radical (unpaired) electrons. The third kappa shape index (κ3) is 10.5. The Bertz CT molecular complexity index is 503. The van der Waals surface area contributed by atoms with Crippen molar-refractivity contribution in [3.8, 4) is 0 Å². The van der Waals surface area contributed by atoms with Gasteiger partial charge in [0.05, 0.1) is 12.8 Å². The van der Waals surface area contributed by atoms with E-state index in [-0.39, 0.29) is 18.4 Å². The van der Waals surface area contributed by atoms with Gasteiger partial charge in [-0.2, -0.15) is 5.10 Å². The van der Waals surface area contributed by atoms with E-state index < -0.39 is 0 Å². The largest absolute Gasteiger partial charge is 0.347 e. The van der Waals surface area contributed by atoms with Gasteiger partial charge in [0.1, 0.15) is 0 Å². The van der Waals surface area contributed by atoms with Crippen molar-refractivity contribution in [3.63, 3.8) is 0 Å². The number of pyridine rings is 1. The SMILES string of the molecule is CCCCCCCCCC(=O)NCC(=O)NN=Cc1ccncc1. The summed E-state index contributed by atoms with van der Waals surface area (Å²) in [6.45, 7) is 2.15. The molecule has 0 aliphatic carbocycles. The summed E-state index contributed by atoms with van der Waals surface area (Å²) in [4.78, 5) is 27.1. The molecular weight excluding hydrogens is 304 g/mol. The van der Waals surface area contributed by atoms with Gasteiger partial charge in [0.2, 0.25) is 5.91 Å². The van der Waals surface area contributed by atoms with Gasteiger partial charge in [-0.25, -0.2) is 5.43 Å². The van der Waals surface area contributed by atoms with Crippen LogP contribution in [0, 0.1) is 0 Å². The smallest absolute Gasteiger partial charge is 0.259 e. The third-order valence-corrected chi connectivity index (χ3v) is 3.56. The van der Waals surface area contributed by atoms with Gasteiger partial charge in [-0.15, -0.1) is 0 Å². The van der Waals surface area contributed by atoms with Crippen LogP contribution in [0.25, 0.3) is 0 Å². The molecule has 1 rings (SSSR count). The lowest BCUT2D eigenvalue weighted by molar-refractivity contribution is -0.126. The minimum absolute atomic E-state index is 0.0526. The fraction of sp³-hybridized carbons (Fsp3) is 0.556. The highest BCUT2D eigenvalue weighted by atomic mass is 16.2. The molecule has 1 aromatic heterocycles. The van der Waals surface area contributed by atoms with Crippen LogP contribution in [0.15, 0.2) is 29.6 Å². The second kappa shape index (κ2) is 13.2. The Labute approximate surface area is 144 Å². The summed E-state index contributed by atoms with van der Waals surface area (Å²) in [5.41, 5.74) is 3.22. The van der Waals surface area contributed by atoms with Gasteiger partial charge in [-0.3, -0.25) is 14.6 Å². The number of hydrazone groups is 1. The van der Waals surface area contributed by atoms with Gasteiger partial charge in [-0.05, 0) is 24.1 Å². The number of hydrogen-bond acceptors (Lipinski definition) is 4. The van der Waals surface area contributed by atoms with Crippen LogP contribution in [0.4, 0.5) is 0 Å². The van der Waals surface area contributed by atoms with E-state index in [1.54, 1.807) is 24.5 Å². The molecule has 0 bridgehead atoms. The van der Waals surface area contributed by atoms with Crippen molar-refractivity contribution in [3.05, 3.63) is 30.1 Å². The van der Waals surface area contributed by atoms with Crippen molar-refractivity contribution in [1.29, 1.82) is 0 Å². The molecule has 0 aliphatic heterocycles. The molecule has 24 heavy (non-hydrogen) atoms. The van der Waals surface area contributed by atoms with Crippen molar-refractivity contribution < 1.29 is 9.59 Å². The first-order chi connectivity index (χ1) is 11.7. The zero-order valence-corrected chi connectivity index (χ0v) is 14.5. The number of carbonyl (C=O) groups excluding carboxylic acids is 2.